The van der Waals surface area contributed by atoms with E-state index in [0.29, 0.717) is 6.04 Å². The van der Waals surface area contributed by atoms with Crippen LogP contribution in [0.1, 0.15) is 62.8 Å². The molecule has 0 saturated heterocycles. The van der Waals surface area contributed by atoms with Crippen molar-refractivity contribution >= 4 is 0 Å². The molecule has 1 N–H and O–H groups in total. The van der Waals surface area contributed by atoms with E-state index in [0.717, 1.165) is 25.8 Å². The monoisotopic (exact) mass is 290 g/mol. The van der Waals surface area contributed by atoms with E-state index in [2.05, 4.69) is 77.1 Å². The van der Waals surface area contributed by atoms with Gasteiger partial charge in [0.2, 0.25) is 0 Å². The van der Waals surface area contributed by atoms with Crippen LogP contribution in [0.5, 0.6) is 0 Å². The minimum atomic E-state index is 0.160. The molecule has 0 aliphatic carbocycles. The maximum absolute atomic E-state index is 3.84. The first-order chi connectivity index (χ1) is 9.92. The molecule has 0 spiro atoms. The summed E-state index contributed by atoms with van der Waals surface area (Å²) >= 11 is 0. The van der Waals surface area contributed by atoms with Crippen molar-refractivity contribution in [3.05, 3.63) is 34.9 Å². The van der Waals surface area contributed by atoms with Gasteiger partial charge in [-0.3, -0.25) is 0 Å². The fourth-order valence-electron chi connectivity index (χ4n) is 3.50. The Morgan fingerprint density at radius 3 is 2.19 bits per heavy atom. The van der Waals surface area contributed by atoms with Crippen molar-refractivity contribution < 1.29 is 0 Å². The molecular weight excluding hydrogens is 256 g/mol. The molecule has 1 aromatic rings. The molecule has 0 aliphatic heterocycles. The highest BCUT2D eigenvalue weighted by molar-refractivity contribution is 5.35. The van der Waals surface area contributed by atoms with E-state index in [9.17, 15) is 0 Å². The second-order valence-corrected chi connectivity index (χ2v) is 6.45. The second kappa shape index (κ2) is 7.95. The average Bonchev–Trinajstić information content (AvgIpc) is 2.46. The van der Waals surface area contributed by atoms with Crippen molar-refractivity contribution in [2.24, 2.45) is 0 Å². The van der Waals surface area contributed by atoms with Gasteiger partial charge in [-0.15, -0.1) is 0 Å². The molecule has 0 aliphatic rings. The number of rotatable bonds is 8. The van der Waals surface area contributed by atoms with Gasteiger partial charge in [0, 0.05) is 5.54 Å². The Morgan fingerprint density at radius 1 is 1.10 bits per heavy atom. The third-order valence-corrected chi connectivity index (χ3v) is 5.00. The molecule has 2 nitrogen and oxygen atoms in total. The van der Waals surface area contributed by atoms with Crippen molar-refractivity contribution in [1.82, 2.24) is 10.2 Å². The number of likely N-dealkylation sites (N-methyl/N-ethyl adjacent to an activating group) is 1. The molecule has 0 fully saturated rings. The van der Waals surface area contributed by atoms with Crippen molar-refractivity contribution in [3.8, 4) is 0 Å². The number of hydrogen-bond donors (Lipinski definition) is 1. The quantitative estimate of drug-likeness (QED) is 0.760. The highest BCUT2D eigenvalue weighted by atomic mass is 15.2. The zero-order valence-electron chi connectivity index (χ0n) is 15.1. The van der Waals surface area contributed by atoms with E-state index in [1.807, 2.05) is 0 Å². The first-order valence-electron chi connectivity index (χ1n) is 8.40. The molecule has 0 bridgehead atoms. The number of hydrogen-bond acceptors (Lipinski definition) is 2. The molecule has 1 unspecified atom stereocenters. The lowest BCUT2D eigenvalue weighted by Gasteiger charge is -2.46. The van der Waals surface area contributed by atoms with Gasteiger partial charge in [0.05, 0.1) is 6.04 Å². The summed E-state index contributed by atoms with van der Waals surface area (Å²) in [7, 11) is 4.44. The molecule has 2 heteroatoms. The Morgan fingerprint density at radius 2 is 1.71 bits per heavy atom. The Kier molecular flexibility index (Phi) is 6.89. The van der Waals surface area contributed by atoms with Gasteiger partial charge in [0.15, 0.2) is 0 Å². The Bertz CT molecular complexity index is 433. The van der Waals surface area contributed by atoms with E-state index >= 15 is 0 Å². The van der Waals surface area contributed by atoms with Gasteiger partial charge in [-0.05, 0) is 64.9 Å². The summed E-state index contributed by atoms with van der Waals surface area (Å²) in [6, 6.07) is 7.22. The molecule has 0 heterocycles. The van der Waals surface area contributed by atoms with Crippen LogP contribution in [-0.4, -0.2) is 31.1 Å². The molecule has 0 radical (unpaired) electrons. The summed E-state index contributed by atoms with van der Waals surface area (Å²) in [5.41, 5.74) is 4.36. The van der Waals surface area contributed by atoms with Crippen LogP contribution in [0.15, 0.2) is 18.2 Å². The predicted molar refractivity (Wildman–Crippen MR) is 94.0 cm³/mol. The van der Waals surface area contributed by atoms with E-state index in [4.69, 9.17) is 0 Å². The van der Waals surface area contributed by atoms with E-state index in [-0.39, 0.29) is 5.54 Å². The lowest BCUT2D eigenvalue weighted by Crippen LogP contribution is -2.53. The minimum absolute atomic E-state index is 0.160. The van der Waals surface area contributed by atoms with E-state index in [1.165, 1.54) is 16.7 Å². The van der Waals surface area contributed by atoms with Crippen LogP contribution in [0.3, 0.4) is 0 Å². The second-order valence-electron chi connectivity index (χ2n) is 6.45. The van der Waals surface area contributed by atoms with Crippen molar-refractivity contribution in [2.75, 3.05) is 20.6 Å². The third-order valence-electron chi connectivity index (χ3n) is 5.00. The zero-order valence-corrected chi connectivity index (χ0v) is 15.1. The summed E-state index contributed by atoms with van der Waals surface area (Å²) in [5, 5.41) is 3.84. The molecule has 1 atom stereocenters. The number of aryl methyl sites for hydroxylation is 2. The largest absolute Gasteiger partial charge is 0.308 e. The maximum atomic E-state index is 3.84. The van der Waals surface area contributed by atoms with Gasteiger partial charge >= 0.3 is 0 Å². The Balaban J connectivity index is 3.35. The van der Waals surface area contributed by atoms with Crippen LogP contribution >= 0.6 is 0 Å². The summed E-state index contributed by atoms with van der Waals surface area (Å²) < 4.78 is 0. The number of nitrogens with zero attached hydrogens (tertiary/aromatic N) is 1. The van der Waals surface area contributed by atoms with Crippen LogP contribution in [-0.2, 0) is 0 Å². The van der Waals surface area contributed by atoms with Gasteiger partial charge < -0.3 is 10.2 Å². The van der Waals surface area contributed by atoms with Crippen LogP contribution in [0, 0.1) is 13.8 Å². The van der Waals surface area contributed by atoms with Gasteiger partial charge in [-0.25, -0.2) is 0 Å². The summed E-state index contributed by atoms with van der Waals surface area (Å²) in [6.07, 6.45) is 3.45. The van der Waals surface area contributed by atoms with Crippen LogP contribution in [0.2, 0.25) is 0 Å². The average molecular weight is 290 g/mol. The van der Waals surface area contributed by atoms with Gasteiger partial charge in [-0.1, -0.05) is 44.5 Å². The fourth-order valence-corrected chi connectivity index (χ4v) is 3.50. The van der Waals surface area contributed by atoms with Crippen LogP contribution < -0.4 is 5.32 Å². The molecule has 120 valence electrons. The molecule has 0 saturated carbocycles. The minimum Gasteiger partial charge on any atom is -0.308 e. The van der Waals surface area contributed by atoms with Crippen LogP contribution in [0.25, 0.3) is 0 Å². The van der Waals surface area contributed by atoms with Crippen molar-refractivity contribution in [3.63, 3.8) is 0 Å². The summed E-state index contributed by atoms with van der Waals surface area (Å²) in [6.45, 7) is 12.4. The lowest BCUT2D eigenvalue weighted by molar-refractivity contribution is 0.0878. The smallest absolute Gasteiger partial charge is 0.0509 e. The highest BCUT2D eigenvalue weighted by Crippen LogP contribution is 2.37. The first kappa shape index (κ1) is 18.2. The number of nitrogens with one attached hydrogen (secondary N) is 1. The van der Waals surface area contributed by atoms with Gasteiger partial charge in [0.1, 0.15) is 0 Å². The summed E-state index contributed by atoms with van der Waals surface area (Å²) in [5.74, 6) is 0. The van der Waals surface area contributed by atoms with Gasteiger partial charge in [0.25, 0.3) is 0 Å². The Hall–Kier alpha value is -0.860. The van der Waals surface area contributed by atoms with Gasteiger partial charge in [-0.2, -0.15) is 0 Å². The predicted octanol–water partition coefficient (Wildman–Crippen LogP) is 4.46. The van der Waals surface area contributed by atoms with Crippen molar-refractivity contribution in [1.29, 1.82) is 0 Å². The van der Waals surface area contributed by atoms with Crippen LogP contribution in [0.4, 0.5) is 0 Å². The standard InChI is InChI=1S/C19H34N2/c1-8-13-20-18(19(9-2,10-3)21(6)7)17-14-15(4)11-12-16(17)5/h11-12,14,18,20H,8-10,13H2,1-7H3. The van der Waals surface area contributed by atoms with Crippen molar-refractivity contribution in [2.45, 2.75) is 65.5 Å². The van der Waals surface area contributed by atoms with E-state index < -0.39 is 0 Å². The number of benzene rings is 1. The molecule has 0 aromatic heterocycles. The SMILES string of the molecule is CCCNC(c1cc(C)ccc1C)C(CC)(CC)N(C)C. The molecule has 1 rings (SSSR count). The molecule has 0 amide bonds. The maximum Gasteiger partial charge on any atom is 0.0509 e. The lowest BCUT2D eigenvalue weighted by atomic mass is 9.78. The first-order valence-corrected chi connectivity index (χ1v) is 8.40. The molecular formula is C19H34N2. The molecule has 1 aromatic carbocycles. The summed E-state index contributed by atoms with van der Waals surface area (Å²) in [4.78, 5) is 2.42. The molecule has 21 heavy (non-hydrogen) atoms. The third kappa shape index (κ3) is 3.87. The normalized spacial score (nSPS) is 13.7. The zero-order chi connectivity index (χ0) is 16.0. The van der Waals surface area contributed by atoms with E-state index in [1.54, 1.807) is 0 Å². The highest BCUT2D eigenvalue weighted by Gasteiger charge is 2.38. The Labute approximate surface area is 131 Å². The fraction of sp³-hybridized carbons (Fsp3) is 0.684. The topological polar surface area (TPSA) is 15.3 Å².